The van der Waals surface area contributed by atoms with Crippen LogP contribution in [0, 0.1) is 27.7 Å². The van der Waals surface area contributed by atoms with Crippen molar-refractivity contribution in [2.75, 3.05) is 0 Å². The van der Waals surface area contributed by atoms with Gasteiger partial charge in [-0.1, -0.05) is 11.5 Å². The summed E-state index contributed by atoms with van der Waals surface area (Å²) < 4.78 is 5.93. The molecular formula is C16H15BN2O. The number of aryl methyl sites for hydroxylation is 2. The molecule has 0 bridgehead atoms. The minimum atomic E-state index is 0.538. The molecule has 0 N–H and O–H groups in total. The van der Waals surface area contributed by atoms with Crippen LogP contribution >= 0.6 is 0 Å². The average molecular weight is 262 g/mol. The van der Waals surface area contributed by atoms with E-state index >= 15 is 0 Å². The zero-order valence-corrected chi connectivity index (χ0v) is 12.1. The lowest BCUT2D eigenvalue weighted by molar-refractivity contribution is 0.614. The summed E-state index contributed by atoms with van der Waals surface area (Å²) in [7, 11) is 5.65. The normalized spacial score (nSPS) is 11.2. The molecule has 3 rings (SSSR count). The highest BCUT2D eigenvalue weighted by Crippen LogP contribution is 2.31. The molecule has 20 heavy (non-hydrogen) atoms. The molecule has 0 unspecified atom stereocenters. The van der Waals surface area contributed by atoms with Crippen molar-refractivity contribution in [1.82, 2.24) is 9.97 Å². The van der Waals surface area contributed by atoms with Gasteiger partial charge in [-0.05, 0) is 56.0 Å². The van der Waals surface area contributed by atoms with E-state index in [1.807, 2.05) is 6.07 Å². The molecule has 0 saturated carbocycles. The highest BCUT2D eigenvalue weighted by atomic mass is 16.3. The highest BCUT2D eigenvalue weighted by Gasteiger charge is 2.16. The van der Waals surface area contributed by atoms with Crippen molar-refractivity contribution in [3.63, 3.8) is 0 Å². The Balaban J connectivity index is 2.28. The van der Waals surface area contributed by atoms with Crippen LogP contribution in [0.2, 0.25) is 0 Å². The fourth-order valence-electron chi connectivity index (χ4n) is 2.38. The summed E-state index contributed by atoms with van der Waals surface area (Å²) in [5, 5.41) is 0. The van der Waals surface area contributed by atoms with Gasteiger partial charge in [-0.3, -0.25) is 4.98 Å². The van der Waals surface area contributed by atoms with Crippen LogP contribution in [0.3, 0.4) is 0 Å². The largest absolute Gasteiger partial charge is 0.434 e. The van der Waals surface area contributed by atoms with Gasteiger partial charge in [-0.2, -0.15) is 0 Å². The van der Waals surface area contributed by atoms with Crippen molar-refractivity contribution >= 4 is 24.4 Å². The number of fused-ring (bicyclic) bond motifs is 1. The lowest BCUT2D eigenvalue weighted by Gasteiger charge is -2.07. The highest BCUT2D eigenvalue weighted by molar-refractivity contribution is 6.32. The molecule has 0 spiro atoms. The van der Waals surface area contributed by atoms with Gasteiger partial charge >= 0.3 is 0 Å². The average Bonchev–Trinajstić information content (AvgIpc) is 2.89. The molecule has 1 aromatic carbocycles. The van der Waals surface area contributed by atoms with E-state index in [-0.39, 0.29) is 0 Å². The summed E-state index contributed by atoms with van der Waals surface area (Å²) in [5.41, 5.74) is 7.90. The SMILES string of the molecule is [B]c1ccc(-c2nc3c(C)c(C)c(C)c(C)c3o2)nc1. The lowest BCUT2D eigenvalue weighted by Crippen LogP contribution is -2.02. The molecule has 0 atom stereocenters. The molecule has 0 amide bonds. The monoisotopic (exact) mass is 262 g/mol. The van der Waals surface area contributed by atoms with E-state index in [1.165, 1.54) is 11.1 Å². The third kappa shape index (κ3) is 1.83. The molecule has 3 aromatic rings. The molecule has 0 aliphatic heterocycles. The standard InChI is InChI=1S/C16H15BN2O/c1-8-9(2)11(4)15-14(10(8)3)19-16(20-15)13-6-5-12(17)7-18-13/h5-7H,1-4H3. The summed E-state index contributed by atoms with van der Waals surface area (Å²) in [6.45, 7) is 8.37. The molecule has 98 valence electrons. The second-order valence-corrected chi connectivity index (χ2v) is 5.17. The molecule has 3 nitrogen and oxygen atoms in total. The summed E-state index contributed by atoms with van der Waals surface area (Å²) in [4.78, 5) is 8.87. The Hall–Kier alpha value is -2.10. The predicted octanol–water partition coefficient (Wildman–Crippen LogP) is 2.92. The smallest absolute Gasteiger partial charge is 0.246 e. The Morgan fingerprint density at radius 3 is 2.30 bits per heavy atom. The van der Waals surface area contributed by atoms with Gasteiger partial charge in [0.1, 0.15) is 19.1 Å². The van der Waals surface area contributed by atoms with Gasteiger partial charge in [-0.15, -0.1) is 0 Å². The topological polar surface area (TPSA) is 38.9 Å². The van der Waals surface area contributed by atoms with Crippen molar-refractivity contribution in [2.24, 2.45) is 0 Å². The fourth-order valence-corrected chi connectivity index (χ4v) is 2.38. The van der Waals surface area contributed by atoms with Crippen LogP contribution in [-0.4, -0.2) is 17.8 Å². The van der Waals surface area contributed by atoms with E-state index in [0.29, 0.717) is 17.0 Å². The number of oxazole rings is 1. The summed E-state index contributed by atoms with van der Waals surface area (Å²) >= 11 is 0. The van der Waals surface area contributed by atoms with Gasteiger partial charge in [0.25, 0.3) is 0 Å². The zero-order valence-electron chi connectivity index (χ0n) is 12.1. The predicted molar refractivity (Wildman–Crippen MR) is 81.6 cm³/mol. The Morgan fingerprint density at radius 1 is 0.950 bits per heavy atom. The van der Waals surface area contributed by atoms with Crippen LogP contribution in [0.15, 0.2) is 22.7 Å². The minimum absolute atomic E-state index is 0.538. The molecule has 2 heterocycles. The third-order valence-corrected chi connectivity index (χ3v) is 4.02. The van der Waals surface area contributed by atoms with E-state index < -0.39 is 0 Å². The summed E-state index contributed by atoms with van der Waals surface area (Å²) in [6.07, 6.45) is 1.61. The molecule has 2 aromatic heterocycles. The van der Waals surface area contributed by atoms with E-state index in [4.69, 9.17) is 12.3 Å². The Bertz CT molecular complexity index is 759. The lowest BCUT2D eigenvalue weighted by atomic mass is 9.98. The van der Waals surface area contributed by atoms with Crippen molar-refractivity contribution in [1.29, 1.82) is 0 Å². The van der Waals surface area contributed by atoms with Gasteiger partial charge in [0.2, 0.25) is 5.89 Å². The minimum Gasteiger partial charge on any atom is -0.434 e. The van der Waals surface area contributed by atoms with Crippen LogP contribution < -0.4 is 5.46 Å². The Kier molecular flexibility index (Phi) is 2.89. The number of pyridine rings is 1. The first-order chi connectivity index (χ1) is 9.49. The third-order valence-electron chi connectivity index (χ3n) is 4.02. The first-order valence-electron chi connectivity index (χ1n) is 6.58. The van der Waals surface area contributed by atoms with Crippen LogP contribution in [0.5, 0.6) is 0 Å². The van der Waals surface area contributed by atoms with Crippen LogP contribution in [0.4, 0.5) is 0 Å². The number of aromatic nitrogens is 2. The van der Waals surface area contributed by atoms with Gasteiger partial charge in [0.15, 0.2) is 5.58 Å². The first-order valence-corrected chi connectivity index (χ1v) is 6.58. The number of hydrogen-bond donors (Lipinski definition) is 0. The van der Waals surface area contributed by atoms with Crippen LogP contribution in [0.25, 0.3) is 22.7 Å². The van der Waals surface area contributed by atoms with Crippen molar-refractivity contribution < 1.29 is 4.42 Å². The molecule has 2 radical (unpaired) electrons. The van der Waals surface area contributed by atoms with Crippen molar-refractivity contribution in [3.05, 3.63) is 40.6 Å². The number of rotatable bonds is 1. The van der Waals surface area contributed by atoms with Gasteiger partial charge in [0, 0.05) is 6.20 Å². The summed E-state index contributed by atoms with van der Waals surface area (Å²) in [6, 6.07) is 3.62. The maximum absolute atomic E-state index is 5.93. The van der Waals surface area contributed by atoms with Gasteiger partial charge in [0.05, 0.1) is 0 Å². The molecule has 0 saturated heterocycles. The molecule has 4 heteroatoms. The van der Waals surface area contributed by atoms with Crippen LogP contribution in [0.1, 0.15) is 22.3 Å². The second-order valence-electron chi connectivity index (χ2n) is 5.17. The Morgan fingerprint density at radius 2 is 1.65 bits per heavy atom. The molecular weight excluding hydrogens is 247 g/mol. The van der Waals surface area contributed by atoms with E-state index in [2.05, 4.69) is 37.7 Å². The van der Waals surface area contributed by atoms with Crippen molar-refractivity contribution in [3.8, 4) is 11.6 Å². The van der Waals surface area contributed by atoms with Crippen molar-refractivity contribution in [2.45, 2.75) is 27.7 Å². The number of nitrogens with zero attached hydrogens (tertiary/aromatic N) is 2. The quantitative estimate of drug-likeness (QED) is 0.633. The fraction of sp³-hybridized carbons (Fsp3) is 0.250. The van der Waals surface area contributed by atoms with Crippen LogP contribution in [-0.2, 0) is 0 Å². The maximum atomic E-state index is 5.93. The zero-order chi connectivity index (χ0) is 14.4. The van der Waals surface area contributed by atoms with Gasteiger partial charge < -0.3 is 4.42 Å². The van der Waals surface area contributed by atoms with E-state index in [0.717, 1.165) is 22.2 Å². The molecule has 0 aliphatic rings. The van der Waals surface area contributed by atoms with E-state index in [9.17, 15) is 0 Å². The maximum Gasteiger partial charge on any atom is 0.246 e. The first kappa shape index (κ1) is 12.9. The Labute approximate surface area is 119 Å². The van der Waals surface area contributed by atoms with Gasteiger partial charge in [-0.25, -0.2) is 4.98 Å². The van der Waals surface area contributed by atoms with E-state index in [1.54, 1.807) is 12.3 Å². The molecule has 0 fully saturated rings. The summed E-state index contributed by atoms with van der Waals surface area (Å²) in [5.74, 6) is 0.538. The number of hydrogen-bond acceptors (Lipinski definition) is 3. The molecule has 0 aliphatic carbocycles. The number of benzene rings is 1. The second kappa shape index (κ2) is 4.48.